The van der Waals surface area contributed by atoms with Crippen molar-refractivity contribution in [1.82, 2.24) is 0 Å². The smallest absolute Gasteiger partial charge is 0.146 e. The van der Waals surface area contributed by atoms with Crippen molar-refractivity contribution in [2.75, 3.05) is 0 Å². The molecule has 0 N–H and O–H groups in total. The lowest BCUT2D eigenvalue weighted by Crippen LogP contribution is -2.02. The predicted octanol–water partition coefficient (Wildman–Crippen LogP) is 3.84. The molecule has 3 aromatic rings. The highest BCUT2D eigenvalue weighted by Crippen LogP contribution is 2.22. The minimum atomic E-state index is 0.0141. The Morgan fingerprint density at radius 2 is 1.27 bits per heavy atom. The van der Waals surface area contributed by atoms with Gasteiger partial charge in [0.2, 0.25) is 0 Å². The monoisotopic (exact) mass is 352 g/mol. The topological polar surface area (TPSA) is 9.23 Å². The first kappa shape index (κ1) is 17.8. The Kier molecular flexibility index (Phi) is 6.07. The Hall–Kier alpha value is -3.04. The summed E-state index contributed by atoms with van der Waals surface area (Å²) in [7, 11) is 0.682. The Morgan fingerprint density at radius 1 is 0.692 bits per heavy atom. The van der Waals surface area contributed by atoms with E-state index in [1.54, 1.807) is 0 Å². The third-order valence-corrected chi connectivity index (χ3v) is 4.82. The van der Waals surface area contributed by atoms with Crippen LogP contribution in [-0.4, -0.2) is 10.5 Å². The van der Waals surface area contributed by atoms with Crippen LogP contribution in [0.25, 0.3) is 0 Å². The van der Waals surface area contributed by atoms with Gasteiger partial charge >= 0.3 is 0 Å². The summed E-state index contributed by atoms with van der Waals surface area (Å²) in [4.78, 5) is 0. The molecule has 0 aliphatic heterocycles. The van der Waals surface area contributed by atoms with Gasteiger partial charge in [0.05, 0.1) is 6.10 Å². The highest BCUT2D eigenvalue weighted by atomic mass is 28.2. The maximum absolute atomic E-state index is 5.67. The van der Waals surface area contributed by atoms with Crippen LogP contribution in [0.3, 0.4) is 0 Å². The van der Waals surface area contributed by atoms with Crippen molar-refractivity contribution in [3.63, 3.8) is 0 Å². The second-order valence-corrected chi connectivity index (χ2v) is 6.35. The largest absolute Gasteiger partial charge is 0.421 e. The molecular formula is C24H20OSi. The molecule has 0 heterocycles. The van der Waals surface area contributed by atoms with Crippen LogP contribution in [-0.2, 0) is 4.43 Å². The van der Waals surface area contributed by atoms with Gasteiger partial charge in [-0.3, -0.25) is 0 Å². The zero-order valence-corrected chi connectivity index (χ0v) is 17.0. The number of benzene rings is 3. The van der Waals surface area contributed by atoms with Gasteiger partial charge in [0.15, 0.2) is 0 Å². The minimum Gasteiger partial charge on any atom is -0.421 e. The summed E-state index contributed by atoms with van der Waals surface area (Å²) >= 11 is 0. The first-order valence-corrected chi connectivity index (χ1v) is 9.39. The molecule has 0 aliphatic rings. The molecule has 1 atom stereocenters. The van der Waals surface area contributed by atoms with E-state index in [0.29, 0.717) is 10.5 Å². The molecule has 1 unspecified atom stereocenters. The molecule has 3 aromatic carbocycles. The van der Waals surface area contributed by atoms with Crippen molar-refractivity contribution in [2.45, 2.75) is 13.0 Å². The lowest BCUT2D eigenvalue weighted by molar-refractivity contribution is 0.250. The molecule has 0 aliphatic carbocycles. The van der Waals surface area contributed by atoms with Gasteiger partial charge in [-0.1, -0.05) is 72.2 Å². The molecule has 0 saturated carbocycles. The summed E-state index contributed by atoms with van der Waals surface area (Å²) in [6.45, 7) is 2.06. The van der Waals surface area contributed by atoms with Crippen molar-refractivity contribution >= 4 is 10.5 Å². The Morgan fingerprint density at radius 3 is 1.85 bits per heavy atom. The van der Waals surface area contributed by atoms with E-state index in [-0.39, 0.29) is 6.10 Å². The van der Waals surface area contributed by atoms with Gasteiger partial charge in [0.25, 0.3) is 0 Å². The van der Waals surface area contributed by atoms with E-state index in [9.17, 15) is 0 Å². The Bertz CT molecular complexity index is 986. The zero-order valence-electron chi connectivity index (χ0n) is 15.0. The standard InChI is InChI=1S/C24H20OSi/c1-19(25-26)23-14-8-13-22(17-15-20-9-4-2-5-10-20)24(23)18-16-21-11-6-3-7-12-21/h2-14,19H,1,26H3. The lowest BCUT2D eigenvalue weighted by atomic mass is 9.97. The van der Waals surface area contributed by atoms with Gasteiger partial charge in [0.1, 0.15) is 10.5 Å². The molecule has 3 rings (SSSR count). The van der Waals surface area contributed by atoms with Gasteiger partial charge in [-0.15, -0.1) is 0 Å². The SMILES string of the molecule is CC(O[SiH3])c1cccc(C#Cc2ccccc2)c1C#Cc1ccccc1. The Balaban J connectivity index is 2.07. The maximum atomic E-state index is 5.67. The van der Waals surface area contributed by atoms with E-state index < -0.39 is 0 Å². The Labute approximate surface area is 158 Å². The molecule has 26 heavy (non-hydrogen) atoms. The number of hydrogen-bond acceptors (Lipinski definition) is 1. The first-order chi connectivity index (χ1) is 12.8. The summed E-state index contributed by atoms with van der Waals surface area (Å²) < 4.78 is 5.67. The van der Waals surface area contributed by atoms with Gasteiger partial charge in [0, 0.05) is 22.3 Å². The summed E-state index contributed by atoms with van der Waals surface area (Å²) in [5, 5.41) is 0. The molecule has 0 radical (unpaired) electrons. The molecule has 2 heteroatoms. The van der Waals surface area contributed by atoms with Crippen molar-refractivity contribution in [3.8, 4) is 23.7 Å². The average molecular weight is 353 g/mol. The zero-order chi connectivity index (χ0) is 18.2. The summed E-state index contributed by atoms with van der Waals surface area (Å²) in [6, 6.07) is 26.1. The van der Waals surface area contributed by atoms with Crippen LogP contribution >= 0.6 is 0 Å². The van der Waals surface area contributed by atoms with Crippen molar-refractivity contribution in [3.05, 3.63) is 107 Å². The quantitative estimate of drug-likeness (QED) is 0.503. The molecule has 0 aromatic heterocycles. The van der Waals surface area contributed by atoms with Crippen LogP contribution in [0.4, 0.5) is 0 Å². The summed E-state index contributed by atoms with van der Waals surface area (Å²) in [5.74, 6) is 13.1. The van der Waals surface area contributed by atoms with E-state index in [1.165, 1.54) is 0 Å². The highest BCUT2D eigenvalue weighted by molar-refractivity contribution is 5.98. The van der Waals surface area contributed by atoms with E-state index in [2.05, 4.69) is 36.7 Å². The summed E-state index contributed by atoms with van der Waals surface area (Å²) in [6.07, 6.45) is 0.0141. The number of hydrogen-bond donors (Lipinski definition) is 0. The molecule has 1 nitrogen and oxygen atoms in total. The van der Waals surface area contributed by atoms with Crippen LogP contribution in [0.2, 0.25) is 0 Å². The van der Waals surface area contributed by atoms with Crippen LogP contribution in [0.15, 0.2) is 78.9 Å². The molecule has 0 bridgehead atoms. The fraction of sp³-hybridized carbons (Fsp3) is 0.0833. The predicted molar refractivity (Wildman–Crippen MR) is 111 cm³/mol. The van der Waals surface area contributed by atoms with Crippen LogP contribution in [0.5, 0.6) is 0 Å². The van der Waals surface area contributed by atoms with Crippen molar-refractivity contribution in [2.24, 2.45) is 0 Å². The third kappa shape index (κ3) is 4.52. The second-order valence-electron chi connectivity index (χ2n) is 5.88. The van der Waals surface area contributed by atoms with Crippen molar-refractivity contribution in [1.29, 1.82) is 0 Å². The fourth-order valence-corrected chi connectivity index (χ4v) is 2.85. The van der Waals surface area contributed by atoms with E-state index in [0.717, 1.165) is 27.8 Å². The van der Waals surface area contributed by atoms with Crippen LogP contribution in [0.1, 0.15) is 40.8 Å². The normalized spacial score (nSPS) is 11.0. The maximum Gasteiger partial charge on any atom is 0.146 e. The minimum absolute atomic E-state index is 0.0141. The van der Waals surface area contributed by atoms with E-state index in [4.69, 9.17) is 4.43 Å². The van der Waals surface area contributed by atoms with Crippen LogP contribution < -0.4 is 0 Å². The number of rotatable bonds is 2. The van der Waals surface area contributed by atoms with Crippen LogP contribution in [0, 0.1) is 23.7 Å². The highest BCUT2D eigenvalue weighted by Gasteiger charge is 2.11. The van der Waals surface area contributed by atoms with Crippen molar-refractivity contribution < 1.29 is 4.43 Å². The van der Waals surface area contributed by atoms with E-state index in [1.807, 2.05) is 72.8 Å². The molecule has 0 amide bonds. The van der Waals surface area contributed by atoms with Gasteiger partial charge in [-0.25, -0.2) is 0 Å². The van der Waals surface area contributed by atoms with Gasteiger partial charge < -0.3 is 4.43 Å². The van der Waals surface area contributed by atoms with E-state index >= 15 is 0 Å². The molecule has 0 fully saturated rings. The summed E-state index contributed by atoms with van der Waals surface area (Å²) in [5.41, 5.74) is 4.95. The lowest BCUT2D eigenvalue weighted by Gasteiger charge is -2.14. The second kappa shape index (κ2) is 8.88. The van der Waals surface area contributed by atoms with Gasteiger partial charge in [-0.2, -0.15) is 0 Å². The fourth-order valence-electron chi connectivity index (χ4n) is 2.60. The molecule has 126 valence electrons. The third-order valence-electron chi connectivity index (χ3n) is 4.11. The van der Waals surface area contributed by atoms with Gasteiger partial charge in [-0.05, 0) is 42.8 Å². The average Bonchev–Trinajstić information content (AvgIpc) is 2.71. The molecular weight excluding hydrogens is 332 g/mol. The first-order valence-electron chi connectivity index (χ1n) is 8.58. The molecule has 0 saturated heterocycles. The molecule has 0 spiro atoms.